The molecule has 1 amide bonds. The fraction of sp³-hybridized carbons (Fsp3) is 0.500. The number of primary amides is 1. The molecule has 1 aliphatic heterocycles. The number of rotatable bonds is 3. The Morgan fingerprint density at radius 3 is 2.95 bits per heavy atom. The number of carbonyl (C=O) groups is 1. The fourth-order valence-electron chi connectivity index (χ4n) is 2.64. The van der Waals surface area contributed by atoms with Crippen LogP contribution >= 0.6 is 0 Å². The molecule has 1 saturated heterocycles. The Balaban J connectivity index is 2.31. The number of amides is 1. The number of halogens is 1. The maximum atomic E-state index is 13.8. The van der Waals surface area contributed by atoms with Gasteiger partial charge in [-0.1, -0.05) is 6.07 Å². The molecule has 0 aliphatic carbocycles. The Morgan fingerprint density at radius 1 is 1.58 bits per heavy atom. The van der Waals surface area contributed by atoms with E-state index in [-0.39, 0.29) is 17.4 Å². The van der Waals surface area contributed by atoms with E-state index in [0.717, 1.165) is 19.4 Å². The molecule has 1 aromatic rings. The van der Waals surface area contributed by atoms with Crippen molar-refractivity contribution in [2.45, 2.75) is 25.9 Å². The third-order valence-corrected chi connectivity index (χ3v) is 3.61. The van der Waals surface area contributed by atoms with Crippen LogP contribution < -0.4 is 10.6 Å². The molecule has 1 aromatic carbocycles. The maximum Gasteiger partial charge on any atom is 0.222 e. The molecular weight excluding hydrogens is 247 g/mol. The number of hydrogen-bond acceptors (Lipinski definition) is 3. The summed E-state index contributed by atoms with van der Waals surface area (Å²) in [5.74, 6) is -0.952. The summed E-state index contributed by atoms with van der Waals surface area (Å²) in [4.78, 5) is 13.2. The van der Waals surface area contributed by atoms with Gasteiger partial charge in [0.2, 0.25) is 5.91 Å². The van der Waals surface area contributed by atoms with Crippen LogP contribution in [0, 0.1) is 11.7 Å². The van der Waals surface area contributed by atoms with Gasteiger partial charge in [-0.15, -0.1) is 0 Å². The average Bonchev–Trinajstić information content (AvgIpc) is 2.38. The van der Waals surface area contributed by atoms with Crippen LogP contribution in [0.2, 0.25) is 0 Å². The number of nitrogens with two attached hydrogens (primary N) is 1. The number of carbonyl (C=O) groups excluding carboxylic acids is 1. The molecule has 0 radical (unpaired) electrons. The molecule has 19 heavy (non-hydrogen) atoms. The minimum Gasteiger partial charge on any atom is -0.389 e. The van der Waals surface area contributed by atoms with Crippen LogP contribution in [0.1, 0.15) is 31.4 Å². The fourth-order valence-corrected chi connectivity index (χ4v) is 2.64. The van der Waals surface area contributed by atoms with E-state index in [2.05, 4.69) is 0 Å². The lowest BCUT2D eigenvalue weighted by Gasteiger charge is -2.34. The molecule has 1 fully saturated rings. The molecule has 2 rings (SSSR count). The third kappa shape index (κ3) is 2.87. The van der Waals surface area contributed by atoms with Gasteiger partial charge in [0.25, 0.3) is 0 Å². The molecule has 4 nitrogen and oxygen atoms in total. The average molecular weight is 266 g/mol. The van der Waals surface area contributed by atoms with Crippen molar-refractivity contribution in [2.24, 2.45) is 11.7 Å². The zero-order valence-electron chi connectivity index (χ0n) is 11.0. The molecule has 0 aromatic heterocycles. The van der Waals surface area contributed by atoms with Crippen LogP contribution in [0.4, 0.5) is 10.1 Å². The first kappa shape index (κ1) is 13.8. The van der Waals surface area contributed by atoms with Gasteiger partial charge in [0, 0.05) is 24.3 Å². The van der Waals surface area contributed by atoms with Gasteiger partial charge in [0.1, 0.15) is 5.82 Å². The van der Waals surface area contributed by atoms with Gasteiger partial charge in [-0.2, -0.15) is 0 Å². The van der Waals surface area contributed by atoms with Crippen molar-refractivity contribution < 1.29 is 14.3 Å². The third-order valence-electron chi connectivity index (χ3n) is 3.61. The summed E-state index contributed by atoms with van der Waals surface area (Å²) in [5, 5.41) is 9.73. The summed E-state index contributed by atoms with van der Waals surface area (Å²) in [6.45, 7) is 2.77. The Labute approximate surface area is 112 Å². The minimum atomic E-state index is -0.884. The van der Waals surface area contributed by atoms with E-state index in [1.54, 1.807) is 12.1 Å². The van der Waals surface area contributed by atoms with Crippen molar-refractivity contribution in [3.05, 3.63) is 29.6 Å². The predicted molar refractivity (Wildman–Crippen MR) is 71.2 cm³/mol. The number of piperidine rings is 1. The highest BCUT2D eigenvalue weighted by Crippen LogP contribution is 2.31. The summed E-state index contributed by atoms with van der Waals surface area (Å²) in [6, 6.07) is 4.72. The van der Waals surface area contributed by atoms with Gasteiger partial charge in [-0.05, 0) is 31.9 Å². The number of hydrogen-bond donors (Lipinski definition) is 2. The lowest BCUT2D eigenvalue weighted by Crippen LogP contribution is -2.41. The number of anilines is 1. The van der Waals surface area contributed by atoms with E-state index in [1.165, 1.54) is 13.0 Å². The van der Waals surface area contributed by atoms with Crippen LogP contribution in [0.3, 0.4) is 0 Å². The molecule has 2 unspecified atom stereocenters. The molecule has 3 N–H and O–H groups in total. The number of aliphatic hydroxyl groups is 1. The van der Waals surface area contributed by atoms with E-state index in [9.17, 15) is 14.3 Å². The van der Waals surface area contributed by atoms with Crippen molar-refractivity contribution in [3.63, 3.8) is 0 Å². The molecule has 1 heterocycles. The van der Waals surface area contributed by atoms with Gasteiger partial charge in [-0.25, -0.2) is 4.39 Å². The van der Waals surface area contributed by atoms with Gasteiger partial charge in [-0.3, -0.25) is 4.79 Å². The largest absolute Gasteiger partial charge is 0.389 e. The van der Waals surface area contributed by atoms with Crippen LogP contribution in [0.15, 0.2) is 18.2 Å². The number of benzene rings is 1. The van der Waals surface area contributed by atoms with E-state index in [4.69, 9.17) is 5.73 Å². The van der Waals surface area contributed by atoms with Gasteiger partial charge in [0.05, 0.1) is 12.0 Å². The lowest BCUT2D eigenvalue weighted by molar-refractivity contribution is -0.122. The van der Waals surface area contributed by atoms with Crippen molar-refractivity contribution in [1.82, 2.24) is 0 Å². The molecule has 1 aliphatic rings. The summed E-state index contributed by atoms with van der Waals surface area (Å²) >= 11 is 0. The topological polar surface area (TPSA) is 66.6 Å². The zero-order valence-corrected chi connectivity index (χ0v) is 11.0. The summed E-state index contributed by atoms with van der Waals surface area (Å²) in [5.41, 5.74) is 6.28. The Bertz CT molecular complexity index is 477. The second-order valence-electron chi connectivity index (χ2n) is 5.04. The highest BCUT2D eigenvalue weighted by atomic mass is 19.1. The van der Waals surface area contributed by atoms with Gasteiger partial charge >= 0.3 is 0 Å². The molecule has 104 valence electrons. The first-order valence-electron chi connectivity index (χ1n) is 6.51. The van der Waals surface area contributed by atoms with Crippen LogP contribution in [-0.4, -0.2) is 24.1 Å². The number of aliphatic hydroxyl groups excluding tert-OH is 1. The molecular formula is C14H19FN2O2. The highest BCUT2D eigenvalue weighted by molar-refractivity contribution is 5.77. The second kappa shape index (κ2) is 5.57. The smallest absolute Gasteiger partial charge is 0.222 e. The van der Waals surface area contributed by atoms with Gasteiger partial charge < -0.3 is 15.7 Å². The van der Waals surface area contributed by atoms with Crippen molar-refractivity contribution in [2.75, 3.05) is 18.0 Å². The van der Waals surface area contributed by atoms with Crippen molar-refractivity contribution in [1.29, 1.82) is 0 Å². The second-order valence-corrected chi connectivity index (χ2v) is 5.04. The highest BCUT2D eigenvalue weighted by Gasteiger charge is 2.26. The molecule has 2 atom stereocenters. The van der Waals surface area contributed by atoms with E-state index >= 15 is 0 Å². The van der Waals surface area contributed by atoms with Crippen LogP contribution in [0.5, 0.6) is 0 Å². The molecule has 0 spiro atoms. The Morgan fingerprint density at radius 2 is 2.32 bits per heavy atom. The monoisotopic (exact) mass is 266 g/mol. The zero-order chi connectivity index (χ0) is 14.0. The normalized spacial score (nSPS) is 21.2. The lowest BCUT2D eigenvalue weighted by atomic mass is 9.95. The minimum absolute atomic E-state index is 0.209. The summed E-state index contributed by atoms with van der Waals surface area (Å²) < 4.78 is 13.8. The summed E-state index contributed by atoms with van der Waals surface area (Å²) in [6.07, 6.45) is 0.722. The quantitative estimate of drug-likeness (QED) is 0.873. The van der Waals surface area contributed by atoms with E-state index < -0.39 is 11.9 Å². The summed E-state index contributed by atoms with van der Waals surface area (Å²) in [7, 11) is 0. The number of nitrogens with zero attached hydrogens (tertiary/aromatic N) is 1. The Hall–Kier alpha value is -1.62. The van der Waals surface area contributed by atoms with E-state index in [0.29, 0.717) is 12.2 Å². The SMILES string of the molecule is CC(O)c1c(F)cccc1N1CCCC(C(N)=O)C1. The molecule has 0 saturated carbocycles. The first-order valence-corrected chi connectivity index (χ1v) is 6.51. The predicted octanol–water partition coefficient (Wildman–Crippen LogP) is 1.58. The standard InChI is InChI=1S/C14H19FN2O2/c1-9(18)13-11(15)5-2-6-12(13)17-7-3-4-10(8-17)14(16)19/h2,5-6,9-10,18H,3-4,7-8H2,1H3,(H2,16,19). The van der Waals surface area contributed by atoms with Crippen LogP contribution in [-0.2, 0) is 4.79 Å². The van der Waals surface area contributed by atoms with E-state index in [1.807, 2.05) is 4.90 Å². The Kier molecular flexibility index (Phi) is 4.04. The van der Waals surface area contributed by atoms with Gasteiger partial charge in [0.15, 0.2) is 0 Å². The maximum absolute atomic E-state index is 13.8. The van der Waals surface area contributed by atoms with Crippen molar-refractivity contribution in [3.8, 4) is 0 Å². The molecule has 0 bridgehead atoms. The molecule has 5 heteroatoms. The van der Waals surface area contributed by atoms with Crippen molar-refractivity contribution >= 4 is 11.6 Å². The first-order chi connectivity index (χ1) is 9.00. The van der Waals surface area contributed by atoms with Crippen LogP contribution in [0.25, 0.3) is 0 Å².